The minimum atomic E-state index is -0.571. The summed E-state index contributed by atoms with van der Waals surface area (Å²) in [6, 6.07) is 3.16. The lowest BCUT2D eigenvalue weighted by Gasteiger charge is -1.98. The minimum Gasteiger partial charge on any atom is -0.245 e. The van der Waals surface area contributed by atoms with Crippen molar-refractivity contribution in [3.05, 3.63) is 35.6 Å². The van der Waals surface area contributed by atoms with Crippen molar-refractivity contribution >= 4 is 40.0 Å². The average Bonchev–Trinajstić information content (AvgIpc) is 2.66. The molecule has 2 aromatic heterocycles. The van der Waals surface area contributed by atoms with Gasteiger partial charge in [-0.2, -0.15) is 9.49 Å². The van der Waals surface area contributed by atoms with E-state index in [2.05, 4.69) is 32.1 Å². The van der Waals surface area contributed by atoms with Crippen LogP contribution in [0, 0.1) is 5.95 Å². The third kappa shape index (κ3) is 2.46. The molecule has 2 rings (SSSR count). The van der Waals surface area contributed by atoms with E-state index in [9.17, 15) is 4.39 Å². The number of hydrogen-bond acceptors (Lipinski definition) is 2. The van der Waals surface area contributed by atoms with E-state index in [0.29, 0.717) is 17.5 Å². The van der Waals surface area contributed by atoms with Crippen molar-refractivity contribution < 1.29 is 4.39 Å². The maximum absolute atomic E-state index is 13.4. The highest BCUT2D eigenvalue weighted by Gasteiger charge is 2.08. The van der Waals surface area contributed by atoms with Crippen LogP contribution in [0.25, 0.3) is 11.1 Å². The van der Waals surface area contributed by atoms with E-state index in [1.165, 1.54) is 0 Å². The second-order valence-corrected chi connectivity index (χ2v) is 5.19. The Balaban J connectivity index is 2.44. The topological polar surface area (TPSA) is 30.7 Å². The highest BCUT2D eigenvalue weighted by Crippen LogP contribution is 2.27. The summed E-state index contributed by atoms with van der Waals surface area (Å²) < 4.78 is 15.2. The van der Waals surface area contributed by atoms with Crippen LogP contribution in [0.3, 0.4) is 0 Å². The van der Waals surface area contributed by atoms with E-state index in [-0.39, 0.29) is 5.15 Å². The number of nitrogens with zero attached hydrogens (tertiary/aromatic N) is 3. The zero-order valence-corrected chi connectivity index (χ0v) is 11.2. The van der Waals surface area contributed by atoms with Gasteiger partial charge in [-0.25, -0.2) is 9.44 Å². The molecule has 15 heavy (non-hydrogen) atoms. The molecule has 0 N–H and O–H groups in total. The third-order valence-corrected chi connectivity index (χ3v) is 3.91. The van der Waals surface area contributed by atoms with E-state index >= 15 is 0 Å². The van der Waals surface area contributed by atoms with Gasteiger partial charge >= 0.3 is 0 Å². The van der Waals surface area contributed by atoms with E-state index in [4.69, 9.17) is 11.6 Å². The predicted octanol–water partition coefficient (Wildman–Crippen LogP) is 3.53. The molecule has 0 saturated carbocycles. The fourth-order valence-electron chi connectivity index (χ4n) is 1.14. The molecule has 78 valence electrons. The fraction of sp³-hybridized carbons (Fsp3) is 0. The summed E-state index contributed by atoms with van der Waals surface area (Å²) in [5.41, 5.74) is 1.13. The molecule has 0 fully saturated rings. The molecule has 0 saturated heterocycles. The molecule has 0 aromatic carbocycles. The van der Waals surface area contributed by atoms with Gasteiger partial charge in [0, 0.05) is 17.3 Å². The summed E-state index contributed by atoms with van der Waals surface area (Å²) >= 11 is 7.76. The molecule has 0 bridgehead atoms. The molecule has 0 aliphatic rings. The number of hydrogen-bond donors (Lipinski definition) is 0. The summed E-state index contributed by atoms with van der Waals surface area (Å²) in [7, 11) is 0. The number of pyridine rings is 1. The zero-order valence-electron chi connectivity index (χ0n) is 7.28. The van der Waals surface area contributed by atoms with Crippen molar-refractivity contribution in [1.82, 2.24) is 14.5 Å². The first-order valence-electron chi connectivity index (χ1n) is 3.94. The van der Waals surface area contributed by atoms with Crippen LogP contribution in [0.4, 0.5) is 4.39 Å². The molecule has 0 aliphatic carbocycles. The smallest absolute Gasteiger partial charge is 0.222 e. The third-order valence-electron chi connectivity index (χ3n) is 1.79. The van der Waals surface area contributed by atoms with Gasteiger partial charge in [0.1, 0.15) is 5.15 Å². The van der Waals surface area contributed by atoms with Crippen LogP contribution in [0.5, 0.6) is 0 Å². The Labute approximate surface area is 105 Å². The van der Waals surface area contributed by atoms with Crippen LogP contribution in [-0.2, 0) is 0 Å². The first-order chi connectivity index (χ1) is 7.20. The molecule has 1 atom stereocenters. The molecule has 0 spiro atoms. The van der Waals surface area contributed by atoms with E-state index in [1.807, 2.05) is 0 Å². The van der Waals surface area contributed by atoms with Crippen LogP contribution >= 0.6 is 40.0 Å². The minimum absolute atomic E-state index is 0.152. The molecular weight excluding hydrogens is 350 g/mol. The normalized spacial score (nSPS) is 11.4. The van der Waals surface area contributed by atoms with E-state index < -0.39 is 5.95 Å². The number of rotatable bonds is 2. The van der Waals surface area contributed by atoms with Gasteiger partial charge in [0.25, 0.3) is 0 Å². The number of halogens is 3. The van der Waals surface area contributed by atoms with Crippen LogP contribution < -0.4 is 0 Å². The molecule has 0 aliphatic heterocycles. The van der Waals surface area contributed by atoms with Crippen molar-refractivity contribution in [2.24, 2.45) is 0 Å². The molecule has 2 aromatic rings. The summed E-state index contributed by atoms with van der Waals surface area (Å²) in [6.07, 6.45) is 3.88. The SMILES string of the molecule is Fc1nc(Cl)ccc1-c1cnn(PI)c1. The monoisotopic (exact) mass is 355 g/mol. The Morgan fingerprint density at radius 2 is 2.27 bits per heavy atom. The van der Waals surface area contributed by atoms with Gasteiger partial charge < -0.3 is 0 Å². The van der Waals surface area contributed by atoms with Crippen molar-refractivity contribution in [3.8, 4) is 11.1 Å². The molecule has 7 heteroatoms. The quantitative estimate of drug-likeness (QED) is 0.469. The Hall–Kier alpha value is -0.260. The lowest BCUT2D eigenvalue weighted by atomic mass is 10.2. The zero-order chi connectivity index (χ0) is 10.8. The molecule has 2 heterocycles. The van der Waals surface area contributed by atoms with Gasteiger partial charge in [0.05, 0.1) is 12.6 Å². The lowest BCUT2D eigenvalue weighted by molar-refractivity contribution is 0.588. The van der Waals surface area contributed by atoms with Crippen molar-refractivity contribution in [3.63, 3.8) is 0 Å². The Morgan fingerprint density at radius 3 is 2.87 bits per heavy atom. The van der Waals surface area contributed by atoms with Gasteiger partial charge in [0.2, 0.25) is 5.95 Å². The average molecular weight is 355 g/mol. The lowest BCUT2D eigenvalue weighted by Crippen LogP contribution is -1.87. The van der Waals surface area contributed by atoms with Gasteiger partial charge in [-0.1, -0.05) is 11.6 Å². The predicted molar refractivity (Wildman–Crippen MR) is 68.2 cm³/mol. The highest BCUT2D eigenvalue weighted by atomic mass is 127. The largest absolute Gasteiger partial charge is 0.245 e. The van der Waals surface area contributed by atoms with Crippen LogP contribution in [0.15, 0.2) is 24.5 Å². The standard InChI is InChI=1S/C8H5ClFIN3P/c9-7-2-1-6(8(10)13-7)5-3-12-14(4-5)15-11/h1-4,15H. The van der Waals surface area contributed by atoms with Gasteiger partial charge in [0.15, 0.2) is 0 Å². The Kier molecular flexibility index (Phi) is 3.53. The summed E-state index contributed by atoms with van der Waals surface area (Å²) in [5, 5.41) is 4.22. The van der Waals surface area contributed by atoms with Gasteiger partial charge in [-0.15, -0.1) is 0 Å². The first kappa shape index (κ1) is 11.2. The van der Waals surface area contributed by atoms with Gasteiger partial charge in [-0.05, 0) is 34.2 Å². The van der Waals surface area contributed by atoms with E-state index in [0.717, 1.165) is 0 Å². The second-order valence-electron chi connectivity index (χ2n) is 2.73. The number of aromatic nitrogens is 3. The Morgan fingerprint density at radius 1 is 1.47 bits per heavy atom. The van der Waals surface area contributed by atoms with E-state index in [1.54, 1.807) is 29.0 Å². The van der Waals surface area contributed by atoms with Crippen LogP contribution in [-0.4, -0.2) is 14.5 Å². The maximum atomic E-state index is 13.4. The summed E-state index contributed by atoms with van der Waals surface area (Å²) in [5.74, 6) is -0.571. The van der Waals surface area contributed by atoms with Gasteiger partial charge in [-0.3, -0.25) is 0 Å². The van der Waals surface area contributed by atoms with Crippen LogP contribution in [0.1, 0.15) is 0 Å². The van der Waals surface area contributed by atoms with Crippen molar-refractivity contribution in [1.29, 1.82) is 0 Å². The van der Waals surface area contributed by atoms with Crippen LogP contribution in [0.2, 0.25) is 5.15 Å². The molecule has 1 unspecified atom stereocenters. The first-order valence-corrected chi connectivity index (χ1v) is 8.38. The Bertz CT molecular complexity index is 490. The van der Waals surface area contributed by atoms with Crippen molar-refractivity contribution in [2.75, 3.05) is 0 Å². The van der Waals surface area contributed by atoms with Crippen molar-refractivity contribution in [2.45, 2.75) is 0 Å². The summed E-state index contributed by atoms with van der Waals surface area (Å²) in [4.78, 5) is 3.55. The maximum Gasteiger partial charge on any atom is 0.222 e. The fourth-order valence-corrected chi connectivity index (χ4v) is 2.35. The molecule has 0 radical (unpaired) electrons. The highest BCUT2D eigenvalue weighted by molar-refractivity contribution is 14.2. The molecule has 3 nitrogen and oxygen atoms in total. The molecule has 0 amide bonds. The second kappa shape index (κ2) is 4.72. The summed E-state index contributed by atoms with van der Waals surface area (Å²) in [6.45, 7) is 0. The molecular formula is C8H5ClFIN3P.